The molecule has 0 spiro atoms. The molecule has 180 valence electrons. The van der Waals surface area contributed by atoms with Gasteiger partial charge in [0.15, 0.2) is 5.78 Å². The van der Waals surface area contributed by atoms with E-state index in [1.807, 2.05) is 18.2 Å². The quantitative estimate of drug-likeness (QED) is 0.307. The molecular formula is C23H29ClN2O6S. The van der Waals surface area contributed by atoms with Crippen LogP contribution >= 0.6 is 11.6 Å². The molecule has 2 rings (SSSR count). The second-order valence-electron chi connectivity index (χ2n) is 7.63. The highest BCUT2D eigenvalue weighted by atomic mass is 35.5. The number of hydrogen-bond acceptors (Lipinski definition) is 5. The molecule has 0 aliphatic rings. The Labute approximate surface area is 199 Å². The predicted octanol–water partition coefficient (Wildman–Crippen LogP) is 4.69. The van der Waals surface area contributed by atoms with Gasteiger partial charge >= 0.3 is 6.09 Å². The van der Waals surface area contributed by atoms with Gasteiger partial charge in [0.25, 0.3) is 0 Å². The predicted molar refractivity (Wildman–Crippen MR) is 129 cm³/mol. The number of benzene rings is 2. The number of unbranched alkanes of at least 4 members (excludes halogenated alkanes) is 2. The lowest BCUT2D eigenvalue weighted by atomic mass is 10.0. The van der Waals surface area contributed by atoms with Crippen molar-refractivity contribution in [2.45, 2.75) is 32.1 Å². The molecule has 0 aliphatic carbocycles. The average molecular weight is 497 g/mol. The first kappa shape index (κ1) is 26.5. The summed E-state index contributed by atoms with van der Waals surface area (Å²) in [7, 11) is -2.10. The van der Waals surface area contributed by atoms with Crippen LogP contribution < -0.4 is 9.46 Å². The minimum atomic E-state index is -3.52. The summed E-state index contributed by atoms with van der Waals surface area (Å²) in [5, 5.41) is 10.1. The Morgan fingerprint density at radius 2 is 1.82 bits per heavy atom. The minimum absolute atomic E-state index is 0.122. The molecular weight excluding hydrogens is 468 g/mol. The molecule has 0 bridgehead atoms. The minimum Gasteiger partial charge on any atom is -0.495 e. The van der Waals surface area contributed by atoms with E-state index in [1.165, 1.54) is 18.1 Å². The Bertz CT molecular complexity index is 1070. The molecule has 8 nitrogen and oxygen atoms in total. The zero-order valence-corrected chi connectivity index (χ0v) is 20.3. The average Bonchev–Trinajstić information content (AvgIpc) is 2.75. The van der Waals surface area contributed by atoms with Gasteiger partial charge in [0.05, 0.1) is 19.1 Å². The van der Waals surface area contributed by atoms with Gasteiger partial charge in [0, 0.05) is 30.1 Å². The Hall–Kier alpha value is -2.78. The van der Waals surface area contributed by atoms with E-state index in [1.54, 1.807) is 18.2 Å². The number of halogens is 1. The largest absolute Gasteiger partial charge is 0.495 e. The zero-order valence-electron chi connectivity index (χ0n) is 18.7. The number of hydrogen-bond donors (Lipinski definition) is 2. The van der Waals surface area contributed by atoms with Crippen molar-refractivity contribution in [1.29, 1.82) is 0 Å². The lowest BCUT2D eigenvalue weighted by Crippen LogP contribution is -2.32. The van der Waals surface area contributed by atoms with E-state index in [9.17, 15) is 23.1 Å². The van der Waals surface area contributed by atoms with E-state index in [4.69, 9.17) is 16.3 Å². The van der Waals surface area contributed by atoms with Crippen molar-refractivity contribution >= 4 is 39.2 Å². The number of carboxylic acid groups (broad SMARTS) is 1. The lowest BCUT2D eigenvalue weighted by Gasteiger charge is -2.19. The van der Waals surface area contributed by atoms with E-state index in [-0.39, 0.29) is 17.9 Å². The second kappa shape index (κ2) is 12.5. The van der Waals surface area contributed by atoms with E-state index in [0.29, 0.717) is 55.1 Å². The third-order valence-electron chi connectivity index (χ3n) is 5.03. The van der Waals surface area contributed by atoms with Crippen molar-refractivity contribution in [3.63, 3.8) is 0 Å². The topological polar surface area (TPSA) is 113 Å². The van der Waals surface area contributed by atoms with Gasteiger partial charge in [-0.2, -0.15) is 0 Å². The van der Waals surface area contributed by atoms with Gasteiger partial charge in [-0.15, -0.1) is 0 Å². The molecule has 0 unspecified atom stereocenters. The number of rotatable bonds is 13. The van der Waals surface area contributed by atoms with E-state index >= 15 is 0 Å². The Morgan fingerprint density at radius 1 is 1.09 bits per heavy atom. The fourth-order valence-corrected chi connectivity index (χ4v) is 4.12. The fraction of sp³-hybridized carbons (Fsp3) is 0.391. The summed E-state index contributed by atoms with van der Waals surface area (Å²) >= 11 is 6.13. The highest BCUT2D eigenvalue weighted by Gasteiger charge is 2.14. The number of amides is 1. The van der Waals surface area contributed by atoms with E-state index in [0.717, 1.165) is 11.8 Å². The van der Waals surface area contributed by atoms with Crippen LogP contribution in [0.2, 0.25) is 5.02 Å². The SMILES string of the molecule is COc1ccc(C(=O)CCCCCN(CCc2ccccc2Cl)C(=O)O)cc1NS(C)(=O)=O. The molecule has 0 fully saturated rings. The summed E-state index contributed by atoms with van der Waals surface area (Å²) in [6.45, 7) is 0.721. The van der Waals surface area contributed by atoms with Gasteiger partial charge < -0.3 is 14.7 Å². The summed E-state index contributed by atoms with van der Waals surface area (Å²) in [6.07, 6.45) is 2.76. The van der Waals surface area contributed by atoms with Crippen LogP contribution in [0, 0.1) is 0 Å². The highest BCUT2D eigenvalue weighted by molar-refractivity contribution is 7.92. The Balaban J connectivity index is 1.82. The van der Waals surface area contributed by atoms with Gasteiger partial charge in [0.2, 0.25) is 10.0 Å². The molecule has 2 N–H and O–H groups in total. The first-order valence-corrected chi connectivity index (χ1v) is 12.8. The molecule has 0 saturated heterocycles. The molecule has 0 saturated carbocycles. The van der Waals surface area contributed by atoms with E-state index < -0.39 is 16.1 Å². The second-order valence-corrected chi connectivity index (χ2v) is 9.79. The Morgan fingerprint density at radius 3 is 2.45 bits per heavy atom. The number of methoxy groups -OCH3 is 1. The van der Waals surface area contributed by atoms with Gasteiger partial charge in [-0.1, -0.05) is 36.2 Å². The Kier molecular flexibility index (Phi) is 9.99. The number of ether oxygens (including phenoxy) is 1. The summed E-state index contributed by atoms with van der Waals surface area (Å²) in [6, 6.07) is 12.0. The molecule has 2 aromatic rings. The molecule has 0 aromatic heterocycles. The van der Waals surface area contributed by atoms with Crippen molar-refractivity contribution in [2.24, 2.45) is 0 Å². The van der Waals surface area contributed by atoms with Crippen molar-refractivity contribution in [1.82, 2.24) is 4.90 Å². The standard InChI is InChI=1S/C23H29ClN2O6S/c1-32-22-12-11-18(16-20(22)25-33(2,30)31)21(27)10-4-3-7-14-26(23(28)29)15-13-17-8-5-6-9-19(17)24/h5-6,8-9,11-12,16,25H,3-4,7,10,13-15H2,1-2H3,(H,28,29). The van der Waals surface area contributed by atoms with Gasteiger partial charge in [-0.3, -0.25) is 9.52 Å². The van der Waals surface area contributed by atoms with Crippen LogP contribution in [-0.2, 0) is 16.4 Å². The molecule has 0 heterocycles. The van der Waals surface area contributed by atoms with Crippen molar-refractivity contribution in [3.05, 3.63) is 58.6 Å². The number of carbonyl (C=O) groups is 2. The summed E-state index contributed by atoms with van der Waals surface area (Å²) in [4.78, 5) is 25.4. The molecule has 1 amide bonds. The number of nitrogens with zero attached hydrogens (tertiary/aromatic N) is 1. The zero-order chi connectivity index (χ0) is 24.4. The third kappa shape index (κ3) is 8.94. The van der Waals surface area contributed by atoms with Gasteiger partial charge in [-0.05, 0) is 49.1 Å². The molecule has 33 heavy (non-hydrogen) atoms. The molecule has 0 atom stereocenters. The fourth-order valence-electron chi connectivity index (χ4n) is 3.33. The maximum atomic E-state index is 12.5. The summed E-state index contributed by atoms with van der Waals surface area (Å²) < 4.78 is 30.6. The van der Waals surface area contributed by atoms with Crippen LogP contribution in [0.5, 0.6) is 5.75 Å². The van der Waals surface area contributed by atoms with Crippen LogP contribution in [-0.4, -0.2) is 56.8 Å². The van der Waals surface area contributed by atoms with E-state index in [2.05, 4.69) is 4.72 Å². The van der Waals surface area contributed by atoms with Gasteiger partial charge in [-0.25, -0.2) is 13.2 Å². The van der Waals surface area contributed by atoms with Crippen molar-refractivity contribution in [3.8, 4) is 5.75 Å². The van der Waals surface area contributed by atoms with Crippen molar-refractivity contribution in [2.75, 3.05) is 31.2 Å². The van der Waals surface area contributed by atoms with Crippen molar-refractivity contribution < 1.29 is 27.9 Å². The van der Waals surface area contributed by atoms with Gasteiger partial charge in [0.1, 0.15) is 5.75 Å². The van der Waals surface area contributed by atoms with Crippen LogP contribution in [0.25, 0.3) is 0 Å². The third-order valence-corrected chi connectivity index (χ3v) is 5.99. The number of carbonyl (C=O) groups excluding carboxylic acids is 1. The number of Topliss-reactive ketones (excluding diaryl/α,β-unsaturated/α-hetero) is 1. The van der Waals surface area contributed by atoms with Crippen LogP contribution in [0.1, 0.15) is 41.6 Å². The number of ketones is 1. The maximum Gasteiger partial charge on any atom is 0.407 e. The monoisotopic (exact) mass is 496 g/mol. The first-order chi connectivity index (χ1) is 15.6. The molecule has 0 aliphatic heterocycles. The number of anilines is 1. The summed E-state index contributed by atoms with van der Waals surface area (Å²) in [5.74, 6) is 0.200. The first-order valence-electron chi connectivity index (χ1n) is 10.5. The number of sulfonamides is 1. The number of nitrogens with one attached hydrogen (secondary N) is 1. The maximum absolute atomic E-state index is 12.5. The van der Waals surface area contributed by atoms with Crippen LogP contribution in [0.4, 0.5) is 10.5 Å². The normalized spacial score (nSPS) is 11.1. The molecule has 2 aromatic carbocycles. The lowest BCUT2D eigenvalue weighted by molar-refractivity contribution is 0.0977. The molecule has 10 heteroatoms. The molecule has 0 radical (unpaired) electrons. The highest BCUT2D eigenvalue weighted by Crippen LogP contribution is 2.27. The smallest absolute Gasteiger partial charge is 0.407 e. The van der Waals surface area contributed by atoms with Crippen LogP contribution in [0.15, 0.2) is 42.5 Å². The summed E-state index contributed by atoms with van der Waals surface area (Å²) in [5.41, 5.74) is 1.50. The van der Waals surface area contributed by atoms with Crippen LogP contribution in [0.3, 0.4) is 0 Å².